The van der Waals surface area contributed by atoms with Crippen LogP contribution in [0.1, 0.15) is 5.56 Å². The fourth-order valence-electron chi connectivity index (χ4n) is 2.61. The average molecular weight is 415 g/mol. The summed E-state index contributed by atoms with van der Waals surface area (Å²) in [4.78, 5) is 0. The third kappa shape index (κ3) is 4.86. The molecule has 130 valence electrons. The van der Waals surface area contributed by atoms with Crippen LogP contribution in [0.3, 0.4) is 0 Å². The van der Waals surface area contributed by atoms with Crippen molar-refractivity contribution in [3.63, 3.8) is 0 Å². The smallest absolute Gasteiger partial charge is 0.169 e. The maximum atomic E-state index is 6.07. The van der Waals surface area contributed by atoms with Crippen molar-refractivity contribution in [3.8, 4) is 17.2 Å². The number of benzene rings is 2. The summed E-state index contributed by atoms with van der Waals surface area (Å²) in [6, 6.07) is 13.3. The summed E-state index contributed by atoms with van der Waals surface area (Å²) < 4.78 is 17.2. The monoisotopic (exact) mass is 413 g/mol. The van der Waals surface area contributed by atoms with Gasteiger partial charge in [0.15, 0.2) is 11.5 Å². The lowest BCUT2D eigenvalue weighted by molar-refractivity contribution is 0.0289. The van der Waals surface area contributed by atoms with Crippen molar-refractivity contribution in [2.45, 2.75) is 12.5 Å². The molecule has 3 rings (SSSR count). The molecule has 1 aliphatic heterocycles. The highest BCUT2D eigenvalue weighted by molar-refractivity contribution is 8.93. The van der Waals surface area contributed by atoms with Crippen LogP contribution in [-0.2, 0) is 11.2 Å². The molecule has 0 bridgehead atoms. The van der Waals surface area contributed by atoms with Gasteiger partial charge in [0.25, 0.3) is 0 Å². The molecule has 0 spiro atoms. The Morgan fingerprint density at radius 3 is 2.75 bits per heavy atom. The lowest BCUT2D eigenvalue weighted by Gasteiger charge is -2.24. The third-order valence-electron chi connectivity index (χ3n) is 3.77. The van der Waals surface area contributed by atoms with Crippen LogP contribution < -0.4 is 14.8 Å². The molecule has 1 aliphatic rings. The summed E-state index contributed by atoms with van der Waals surface area (Å²) in [7, 11) is 1.60. The highest BCUT2D eigenvalue weighted by Crippen LogP contribution is 2.35. The van der Waals surface area contributed by atoms with Crippen LogP contribution in [0.15, 0.2) is 42.5 Å². The fourth-order valence-corrected chi connectivity index (χ4v) is 2.77. The standard InChI is InChI=1S/C18H20ClNO3.BrH/c1-21-18-11-14(19)6-7-17(18)23-16-5-3-2-4-13(16)10-15-12-20-8-9-22-15;/h2-7,11,15,20H,8-10,12H2,1H3;1H/t15-;/m0./s1. The van der Waals surface area contributed by atoms with Gasteiger partial charge in [-0.05, 0) is 23.8 Å². The Morgan fingerprint density at radius 1 is 1.17 bits per heavy atom. The average Bonchev–Trinajstić information content (AvgIpc) is 2.59. The zero-order valence-corrected chi connectivity index (χ0v) is 15.9. The number of halogens is 2. The van der Waals surface area contributed by atoms with Gasteiger partial charge < -0.3 is 19.5 Å². The SMILES string of the molecule is Br.COc1cc(Cl)ccc1Oc1ccccc1C[C@H]1CNCCO1. The molecule has 4 nitrogen and oxygen atoms in total. The summed E-state index contributed by atoms with van der Waals surface area (Å²) in [5, 5.41) is 3.96. The molecule has 1 N–H and O–H groups in total. The second kappa shape index (κ2) is 9.28. The molecule has 1 saturated heterocycles. The minimum absolute atomic E-state index is 0. The molecule has 24 heavy (non-hydrogen) atoms. The largest absolute Gasteiger partial charge is 0.493 e. The summed E-state index contributed by atoms with van der Waals surface area (Å²) in [5.41, 5.74) is 1.11. The lowest BCUT2D eigenvalue weighted by Crippen LogP contribution is -2.39. The van der Waals surface area contributed by atoms with Crippen molar-refractivity contribution in [1.82, 2.24) is 5.32 Å². The first-order chi connectivity index (χ1) is 11.3. The third-order valence-corrected chi connectivity index (χ3v) is 4.01. The van der Waals surface area contributed by atoms with Gasteiger partial charge in [-0.15, -0.1) is 17.0 Å². The van der Waals surface area contributed by atoms with E-state index in [0.29, 0.717) is 16.5 Å². The number of para-hydroxylation sites is 1. The van der Waals surface area contributed by atoms with E-state index in [4.69, 9.17) is 25.8 Å². The van der Waals surface area contributed by atoms with Gasteiger partial charge in [0, 0.05) is 30.6 Å². The number of hydrogen-bond donors (Lipinski definition) is 1. The number of hydrogen-bond acceptors (Lipinski definition) is 4. The lowest BCUT2D eigenvalue weighted by atomic mass is 10.1. The first kappa shape index (κ1) is 19.1. The van der Waals surface area contributed by atoms with Crippen LogP contribution >= 0.6 is 28.6 Å². The van der Waals surface area contributed by atoms with Crippen LogP contribution in [0.2, 0.25) is 5.02 Å². The normalized spacial score (nSPS) is 17.0. The summed E-state index contributed by atoms with van der Waals surface area (Å²) in [6.45, 7) is 2.52. The van der Waals surface area contributed by atoms with Crippen LogP contribution in [0, 0.1) is 0 Å². The Balaban J connectivity index is 0.00000208. The number of rotatable bonds is 5. The molecule has 1 heterocycles. The van der Waals surface area contributed by atoms with Crippen LogP contribution in [-0.4, -0.2) is 32.9 Å². The van der Waals surface area contributed by atoms with E-state index in [1.54, 1.807) is 19.2 Å². The van der Waals surface area contributed by atoms with Crippen molar-refractivity contribution in [2.75, 3.05) is 26.8 Å². The molecule has 1 fully saturated rings. The van der Waals surface area contributed by atoms with Gasteiger partial charge >= 0.3 is 0 Å². The van der Waals surface area contributed by atoms with Crippen molar-refractivity contribution in [1.29, 1.82) is 0 Å². The van der Waals surface area contributed by atoms with Gasteiger partial charge in [-0.2, -0.15) is 0 Å². The molecule has 0 radical (unpaired) electrons. The first-order valence-electron chi connectivity index (χ1n) is 7.68. The molecule has 0 saturated carbocycles. The maximum absolute atomic E-state index is 6.07. The van der Waals surface area contributed by atoms with Crippen molar-refractivity contribution >= 4 is 28.6 Å². The van der Waals surface area contributed by atoms with Crippen molar-refractivity contribution in [3.05, 3.63) is 53.1 Å². The number of ether oxygens (including phenoxy) is 3. The number of methoxy groups -OCH3 is 1. The molecule has 2 aromatic carbocycles. The molecule has 0 amide bonds. The molecule has 6 heteroatoms. The van der Waals surface area contributed by atoms with Gasteiger partial charge in [-0.1, -0.05) is 29.8 Å². The fraction of sp³-hybridized carbons (Fsp3) is 0.333. The van der Waals surface area contributed by atoms with E-state index >= 15 is 0 Å². The molecule has 0 aromatic heterocycles. The molecule has 1 atom stereocenters. The maximum Gasteiger partial charge on any atom is 0.169 e. The summed E-state index contributed by atoms with van der Waals surface area (Å²) in [6.07, 6.45) is 0.972. The predicted molar refractivity (Wildman–Crippen MR) is 101 cm³/mol. The van der Waals surface area contributed by atoms with E-state index in [2.05, 4.69) is 11.4 Å². The van der Waals surface area contributed by atoms with E-state index in [-0.39, 0.29) is 23.1 Å². The zero-order valence-electron chi connectivity index (χ0n) is 13.5. The minimum atomic E-state index is 0. The van der Waals surface area contributed by atoms with Crippen LogP contribution in [0.4, 0.5) is 0 Å². The molecule has 0 unspecified atom stereocenters. The second-order valence-corrected chi connectivity index (χ2v) is 5.84. The van der Waals surface area contributed by atoms with E-state index in [1.807, 2.05) is 24.3 Å². The van der Waals surface area contributed by atoms with Crippen LogP contribution in [0.5, 0.6) is 17.2 Å². The molecule has 2 aromatic rings. The molecular weight excluding hydrogens is 394 g/mol. The Kier molecular flexibility index (Phi) is 7.37. The van der Waals surface area contributed by atoms with Gasteiger partial charge in [-0.25, -0.2) is 0 Å². The van der Waals surface area contributed by atoms with Crippen molar-refractivity contribution < 1.29 is 14.2 Å². The highest BCUT2D eigenvalue weighted by Gasteiger charge is 2.17. The summed E-state index contributed by atoms with van der Waals surface area (Å²) in [5.74, 6) is 2.07. The number of morpholine rings is 1. The quantitative estimate of drug-likeness (QED) is 0.794. The van der Waals surface area contributed by atoms with E-state index in [9.17, 15) is 0 Å². The predicted octanol–water partition coefficient (Wildman–Crippen LogP) is 4.25. The molecule has 0 aliphatic carbocycles. The van der Waals surface area contributed by atoms with E-state index < -0.39 is 0 Å². The van der Waals surface area contributed by atoms with E-state index in [0.717, 1.165) is 37.4 Å². The Bertz CT molecular complexity index is 662. The summed E-state index contributed by atoms with van der Waals surface area (Å²) >= 11 is 6.00. The first-order valence-corrected chi connectivity index (χ1v) is 8.05. The van der Waals surface area contributed by atoms with Crippen molar-refractivity contribution in [2.24, 2.45) is 0 Å². The van der Waals surface area contributed by atoms with Gasteiger partial charge in [-0.3, -0.25) is 0 Å². The topological polar surface area (TPSA) is 39.7 Å². The highest BCUT2D eigenvalue weighted by atomic mass is 79.9. The Morgan fingerprint density at radius 2 is 2.00 bits per heavy atom. The Hall–Kier alpha value is -1.27. The van der Waals surface area contributed by atoms with Gasteiger partial charge in [0.2, 0.25) is 0 Å². The zero-order chi connectivity index (χ0) is 16.1. The number of nitrogens with one attached hydrogen (secondary N) is 1. The van der Waals surface area contributed by atoms with Crippen LogP contribution in [0.25, 0.3) is 0 Å². The van der Waals surface area contributed by atoms with Gasteiger partial charge in [0.1, 0.15) is 5.75 Å². The molecular formula is C18H21BrClNO3. The Labute approximate surface area is 157 Å². The minimum Gasteiger partial charge on any atom is -0.493 e. The second-order valence-electron chi connectivity index (χ2n) is 5.41. The van der Waals surface area contributed by atoms with Gasteiger partial charge in [0.05, 0.1) is 19.8 Å². The van der Waals surface area contributed by atoms with E-state index in [1.165, 1.54) is 0 Å².